The average Bonchev–Trinajstić information content (AvgIpc) is 2.67. The van der Waals surface area contributed by atoms with Gasteiger partial charge < -0.3 is 10.1 Å². The van der Waals surface area contributed by atoms with Gasteiger partial charge in [-0.15, -0.1) is 0 Å². The number of piperazine rings is 1. The Bertz CT molecular complexity index is 1000. The van der Waals surface area contributed by atoms with E-state index in [1.54, 1.807) is 0 Å². The van der Waals surface area contributed by atoms with Crippen LogP contribution in [0.4, 0.5) is 0 Å². The van der Waals surface area contributed by atoms with E-state index < -0.39 is 0 Å². The Balaban J connectivity index is 1.54. The third-order valence-corrected chi connectivity index (χ3v) is 5.95. The first kappa shape index (κ1) is 20.8. The SMILES string of the molecule is Cc1cccc(C)c1-c1ccnc2cc(O[C@H](C)CN3CC(C)NC(C)C3)ccc12. The van der Waals surface area contributed by atoms with Crippen LogP contribution in [0.5, 0.6) is 5.75 Å². The summed E-state index contributed by atoms with van der Waals surface area (Å²) in [6.07, 6.45) is 2.03. The van der Waals surface area contributed by atoms with Crippen LogP contribution in [0.2, 0.25) is 0 Å². The van der Waals surface area contributed by atoms with Crippen molar-refractivity contribution in [2.75, 3.05) is 19.6 Å². The highest BCUT2D eigenvalue weighted by molar-refractivity contribution is 5.96. The lowest BCUT2D eigenvalue weighted by molar-refractivity contribution is 0.108. The number of hydrogen-bond donors (Lipinski definition) is 1. The summed E-state index contributed by atoms with van der Waals surface area (Å²) in [6, 6.07) is 15.9. The van der Waals surface area contributed by atoms with Gasteiger partial charge in [0, 0.05) is 49.4 Å². The molecule has 1 fully saturated rings. The Kier molecular flexibility index (Phi) is 6.07. The standard InChI is InChI=1S/C26H33N3O/c1-17-7-6-8-18(2)26(17)24-11-12-27-25-13-22(9-10-23(24)25)30-21(5)16-29-14-19(3)28-20(4)15-29/h6-13,19-21,28H,14-16H2,1-5H3/t19?,20?,21-/m1/s1. The molecule has 1 aliphatic rings. The number of hydrogen-bond acceptors (Lipinski definition) is 4. The third-order valence-electron chi connectivity index (χ3n) is 5.95. The van der Waals surface area contributed by atoms with E-state index in [1.165, 1.54) is 27.6 Å². The van der Waals surface area contributed by atoms with Crippen LogP contribution in [-0.2, 0) is 0 Å². The smallest absolute Gasteiger partial charge is 0.121 e. The maximum atomic E-state index is 6.29. The van der Waals surface area contributed by atoms with Gasteiger partial charge in [0.15, 0.2) is 0 Å². The maximum Gasteiger partial charge on any atom is 0.121 e. The fourth-order valence-electron chi connectivity index (χ4n) is 4.88. The van der Waals surface area contributed by atoms with E-state index in [-0.39, 0.29) is 6.10 Å². The van der Waals surface area contributed by atoms with Gasteiger partial charge in [-0.05, 0) is 75.1 Å². The predicted molar refractivity (Wildman–Crippen MR) is 125 cm³/mol. The highest BCUT2D eigenvalue weighted by Gasteiger charge is 2.22. The lowest BCUT2D eigenvalue weighted by Crippen LogP contribution is -2.55. The molecule has 158 valence electrons. The summed E-state index contributed by atoms with van der Waals surface area (Å²) in [5, 5.41) is 4.75. The van der Waals surface area contributed by atoms with E-state index in [0.717, 1.165) is 30.9 Å². The summed E-state index contributed by atoms with van der Waals surface area (Å²) in [7, 11) is 0. The van der Waals surface area contributed by atoms with Gasteiger partial charge in [0.05, 0.1) is 5.52 Å². The van der Waals surface area contributed by atoms with Crippen LogP contribution in [0, 0.1) is 13.8 Å². The summed E-state index contributed by atoms with van der Waals surface area (Å²) in [6.45, 7) is 14.1. The van der Waals surface area contributed by atoms with Crippen LogP contribution in [-0.4, -0.2) is 47.7 Å². The van der Waals surface area contributed by atoms with Crippen LogP contribution in [0.15, 0.2) is 48.7 Å². The van der Waals surface area contributed by atoms with E-state index in [2.05, 4.69) is 92.3 Å². The molecule has 1 N–H and O–H groups in total. The molecule has 4 rings (SSSR count). The molecule has 0 radical (unpaired) electrons. The normalized spacial score (nSPS) is 21.0. The molecule has 2 aromatic carbocycles. The first-order valence-electron chi connectivity index (χ1n) is 11.0. The Hall–Kier alpha value is -2.43. The first-order chi connectivity index (χ1) is 14.4. The van der Waals surface area contributed by atoms with Gasteiger partial charge in [-0.1, -0.05) is 18.2 Å². The molecule has 0 amide bonds. The second kappa shape index (κ2) is 8.75. The number of aromatic nitrogens is 1. The van der Waals surface area contributed by atoms with Crippen molar-refractivity contribution in [3.63, 3.8) is 0 Å². The highest BCUT2D eigenvalue weighted by atomic mass is 16.5. The molecular weight excluding hydrogens is 370 g/mol. The number of nitrogens with one attached hydrogen (secondary N) is 1. The molecule has 0 saturated carbocycles. The maximum absolute atomic E-state index is 6.29. The molecule has 3 aromatic rings. The number of fused-ring (bicyclic) bond motifs is 1. The minimum atomic E-state index is 0.127. The minimum absolute atomic E-state index is 0.127. The topological polar surface area (TPSA) is 37.4 Å². The quantitative estimate of drug-likeness (QED) is 0.653. The van der Waals surface area contributed by atoms with Gasteiger partial charge >= 0.3 is 0 Å². The Morgan fingerprint density at radius 2 is 1.77 bits per heavy atom. The molecule has 3 atom stereocenters. The number of pyridine rings is 1. The van der Waals surface area contributed by atoms with Gasteiger partial charge in [0.25, 0.3) is 0 Å². The fraction of sp³-hybridized carbons (Fsp3) is 0.423. The average molecular weight is 404 g/mol. The molecule has 0 spiro atoms. The Labute approximate surface area is 180 Å². The van der Waals surface area contributed by atoms with E-state index in [9.17, 15) is 0 Å². The Morgan fingerprint density at radius 1 is 1.07 bits per heavy atom. The van der Waals surface area contributed by atoms with Crippen molar-refractivity contribution in [2.24, 2.45) is 0 Å². The van der Waals surface area contributed by atoms with Crippen molar-refractivity contribution < 1.29 is 4.74 Å². The van der Waals surface area contributed by atoms with Gasteiger partial charge in [0.2, 0.25) is 0 Å². The van der Waals surface area contributed by atoms with Crippen LogP contribution in [0.3, 0.4) is 0 Å². The highest BCUT2D eigenvalue weighted by Crippen LogP contribution is 2.33. The second-order valence-electron chi connectivity index (χ2n) is 8.92. The molecule has 30 heavy (non-hydrogen) atoms. The summed E-state index contributed by atoms with van der Waals surface area (Å²) < 4.78 is 6.29. The second-order valence-corrected chi connectivity index (χ2v) is 8.92. The van der Waals surface area contributed by atoms with Crippen LogP contribution < -0.4 is 10.1 Å². The van der Waals surface area contributed by atoms with Crippen molar-refractivity contribution in [1.29, 1.82) is 0 Å². The number of nitrogens with zero attached hydrogens (tertiary/aromatic N) is 2. The molecule has 0 aliphatic carbocycles. The lowest BCUT2D eigenvalue weighted by Gasteiger charge is -2.37. The summed E-state index contributed by atoms with van der Waals surface area (Å²) in [5.41, 5.74) is 6.09. The third kappa shape index (κ3) is 4.50. The van der Waals surface area contributed by atoms with Crippen molar-refractivity contribution >= 4 is 10.9 Å². The van der Waals surface area contributed by atoms with Gasteiger partial charge in [-0.2, -0.15) is 0 Å². The number of rotatable bonds is 5. The monoisotopic (exact) mass is 403 g/mol. The van der Waals surface area contributed by atoms with Crippen molar-refractivity contribution in [2.45, 2.75) is 52.8 Å². The summed E-state index contributed by atoms with van der Waals surface area (Å²) in [4.78, 5) is 7.13. The van der Waals surface area contributed by atoms with E-state index in [1.807, 2.05) is 6.20 Å². The Morgan fingerprint density at radius 3 is 2.47 bits per heavy atom. The summed E-state index contributed by atoms with van der Waals surface area (Å²) >= 11 is 0. The molecular formula is C26H33N3O. The predicted octanol–water partition coefficient (Wildman–Crippen LogP) is 4.97. The minimum Gasteiger partial charge on any atom is -0.489 e. The molecule has 4 nitrogen and oxygen atoms in total. The molecule has 0 bridgehead atoms. The van der Waals surface area contributed by atoms with Gasteiger partial charge in [-0.3, -0.25) is 9.88 Å². The van der Waals surface area contributed by atoms with Gasteiger partial charge in [-0.25, -0.2) is 0 Å². The molecule has 1 aromatic heterocycles. The first-order valence-corrected chi connectivity index (χ1v) is 11.0. The van der Waals surface area contributed by atoms with E-state index >= 15 is 0 Å². The van der Waals surface area contributed by atoms with Crippen LogP contribution in [0.1, 0.15) is 31.9 Å². The van der Waals surface area contributed by atoms with Crippen molar-refractivity contribution in [1.82, 2.24) is 15.2 Å². The summed E-state index contributed by atoms with van der Waals surface area (Å²) in [5.74, 6) is 0.886. The van der Waals surface area contributed by atoms with E-state index in [0.29, 0.717) is 12.1 Å². The van der Waals surface area contributed by atoms with Crippen LogP contribution in [0.25, 0.3) is 22.0 Å². The molecule has 1 aliphatic heterocycles. The fourth-order valence-corrected chi connectivity index (χ4v) is 4.88. The number of aryl methyl sites for hydroxylation is 2. The zero-order valence-corrected chi connectivity index (χ0v) is 18.8. The molecule has 2 unspecified atom stereocenters. The molecule has 2 heterocycles. The van der Waals surface area contributed by atoms with E-state index in [4.69, 9.17) is 4.74 Å². The van der Waals surface area contributed by atoms with Crippen molar-refractivity contribution in [3.8, 4) is 16.9 Å². The lowest BCUT2D eigenvalue weighted by atomic mass is 9.93. The molecule has 4 heteroatoms. The number of ether oxygens (including phenoxy) is 1. The van der Waals surface area contributed by atoms with Crippen molar-refractivity contribution in [3.05, 3.63) is 59.8 Å². The largest absolute Gasteiger partial charge is 0.489 e. The van der Waals surface area contributed by atoms with Gasteiger partial charge in [0.1, 0.15) is 11.9 Å². The zero-order chi connectivity index (χ0) is 21.3. The zero-order valence-electron chi connectivity index (χ0n) is 18.8. The van der Waals surface area contributed by atoms with Crippen LogP contribution >= 0.6 is 0 Å². The molecule has 1 saturated heterocycles. The number of benzene rings is 2.